The van der Waals surface area contributed by atoms with E-state index in [0.29, 0.717) is 0 Å². The van der Waals surface area contributed by atoms with Crippen LogP contribution in [-0.2, 0) is 4.74 Å². The monoisotopic (exact) mass is 276 g/mol. The largest absolute Gasteiger partial charge is 0.394 e. The van der Waals surface area contributed by atoms with Crippen molar-refractivity contribution in [1.82, 2.24) is 21.3 Å². The van der Waals surface area contributed by atoms with Crippen molar-refractivity contribution in [2.24, 2.45) is 0 Å². The Kier molecular flexibility index (Phi) is 4.17. The number of aliphatic hydroxyl groups excluding tert-OH is 3. The predicted molar refractivity (Wildman–Crippen MR) is 59.8 cm³/mol. The molecule has 2 saturated heterocycles. The minimum Gasteiger partial charge on any atom is -0.394 e. The summed E-state index contributed by atoms with van der Waals surface area (Å²) in [6.07, 6.45) is -4.20. The van der Waals surface area contributed by atoms with Crippen LogP contribution in [0.5, 0.6) is 0 Å². The number of imide groups is 1. The van der Waals surface area contributed by atoms with Crippen molar-refractivity contribution in [2.75, 3.05) is 13.2 Å². The average Bonchev–Trinajstić information content (AvgIpc) is 2.34. The van der Waals surface area contributed by atoms with Crippen LogP contribution in [0.4, 0.5) is 9.59 Å². The number of rotatable bonds is 3. The number of hydrogen-bond acceptors (Lipinski definition) is 7. The van der Waals surface area contributed by atoms with Gasteiger partial charge >= 0.3 is 12.1 Å². The minimum absolute atomic E-state index is 0.0130. The van der Waals surface area contributed by atoms with Crippen LogP contribution in [-0.4, -0.2) is 71.2 Å². The van der Waals surface area contributed by atoms with Gasteiger partial charge in [0.15, 0.2) is 6.29 Å². The van der Waals surface area contributed by atoms with Crippen LogP contribution >= 0.6 is 0 Å². The first-order chi connectivity index (χ1) is 9.01. The van der Waals surface area contributed by atoms with Crippen LogP contribution in [0.25, 0.3) is 0 Å². The summed E-state index contributed by atoms with van der Waals surface area (Å²) < 4.78 is 5.15. The zero-order chi connectivity index (χ0) is 14.0. The molecular weight excluding hydrogens is 260 g/mol. The van der Waals surface area contributed by atoms with Crippen molar-refractivity contribution >= 4 is 12.1 Å². The van der Waals surface area contributed by atoms with E-state index >= 15 is 0 Å². The highest BCUT2D eigenvalue weighted by atomic mass is 16.5. The zero-order valence-electron chi connectivity index (χ0n) is 9.87. The Bertz CT molecular complexity index is 351. The Morgan fingerprint density at radius 1 is 1.21 bits per heavy atom. The lowest BCUT2D eigenvalue weighted by Gasteiger charge is -2.39. The number of ether oxygens (including phenoxy) is 1. The second-order valence-corrected chi connectivity index (χ2v) is 4.31. The van der Waals surface area contributed by atoms with Crippen LogP contribution in [0.3, 0.4) is 0 Å². The molecule has 0 bridgehead atoms. The molecule has 0 saturated carbocycles. The second-order valence-electron chi connectivity index (χ2n) is 4.31. The van der Waals surface area contributed by atoms with Gasteiger partial charge in [-0.05, 0) is 0 Å². The Morgan fingerprint density at radius 3 is 2.42 bits per heavy atom. The van der Waals surface area contributed by atoms with Gasteiger partial charge < -0.3 is 30.7 Å². The highest BCUT2D eigenvalue weighted by Crippen LogP contribution is 2.15. The van der Waals surface area contributed by atoms with Gasteiger partial charge in [-0.15, -0.1) is 0 Å². The second kappa shape index (κ2) is 5.67. The van der Waals surface area contributed by atoms with Crippen LogP contribution < -0.4 is 21.3 Å². The molecule has 2 aliphatic heterocycles. The molecule has 10 nitrogen and oxygen atoms in total. The molecule has 19 heavy (non-hydrogen) atoms. The standard InChI is InChI=1S/C9H16N4O6/c14-1-4-6(16)5(15)3(2-19-4)10-7-11-8(17)13-9(18)12-7/h3-7,10,14-16H,1-2H2,(H3,11,12,13,17,18)/t3-,4+,5+,6-/m0/s1. The van der Waals surface area contributed by atoms with E-state index in [1.807, 2.05) is 5.32 Å². The molecule has 2 aliphatic rings. The van der Waals surface area contributed by atoms with Gasteiger partial charge in [0, 0.05) is 0 Å². The molecule has 2 heterocycles. The van der Waals surface area contributed by atoms with E-state index in [-0.39, 0.29) is 6.61 Å². The Hall–Kier alpha value is -1.46. The maximum atomic E-state index is 11.1. The lowest BCUT2D eigenvalue weighted by atomic mass is 9.98. The summed E-state index contributed by atoms with van der Waals surface area (Å²) >= 11 is 0. The first-order valence-corrected chi connectivity index (χ1v) is 5.74. The van der Waals surface area contributed by atoms with E-state index in [1.165, 1.54) is 0 Å². The normalized spacial score (nSPS) is 36.4. The molecule has 4 atom stereocenters. The molecular formula is C9H16N4O6. The molecule has 10 heteroatoms. The number of carbonyl (C=O) groups is 2. The smallest absolute Gasteiger partial charge is 0.325 e. The summed E-state index contributed by atoms with van der Waals surface area (Å²) in [6.45, 7) is -0.398. The number of amides is 4. The molecule has 0 aliphatic carbocycles. The van der Waals surface area contributed by atoms with Crippen LogP contribution in [0.2, 0.25) is 0 Å². The molecule has 0 aromatic carbocycles. The third-order valence-electron chi connectivity index (χ3n) is 2.97. The zero-order valence-corrected chi connectivity index (χ0v) is 9.87. The van der Waals surface area contributed by atoms with E-state index in [1.54, 1.807) is 0 Å². The maximum absolute atomic E-state index is 11.1. The molecule has 2 rings (SSSR count). The molecule has 4 amide bonds. The van der Waals surface area contributed by atoms with E-state index in [2.05, 4.69) is 16.0 Å². The summed E-state index contributed by atoms with van der Waals surface area (Å²) in [5.74, 6) is 0. The highest BCUT2D eigenvalue weighted by Gasteiger charge is 2.39. The maximum Gasteiger partial charge on any atom is 0.325 e. The van der Waals surface area contributed by atoms with Crippen molar-refractivity contribution in [2.45, 2.75) is 30.6 Å². The highest BCUT2D eigenvalue weighted by molar-refractivity contribution is 5.95. The van der Waals surface area contributed by atoms with Gasteiger partial charge in [0.05, 0.1) is 19.3 Å². The van der Waals surface area contributed by atoms with Crippen LogP contribution in [0.1, 0.15) is 0 Å². The molecule has 108 valence electrons. The van der Waals surface area contributed by atoms with Gasteiger partial charge in [0.1, 0.15) is 18.3 Å². The number of aliphatic hydroxyl groups is 3. The van der Waals surface area contributed by atoms with Crippen LogP contribution in [0.15, 0.2) is 0 Å². The van der Waals surface area contributed by atoms with Gasteiger partial charge in [-0.1, -0.05) is 0 Å². The minimum atomic E-state index is -1.26. The number of nitrogens with one attached hydrogen (secondary N) is 4. The van der Waals surface area contributed by atoms with E-state index in [0.717, 1.165) is 0 Å². The first-order valence-electron chi connectivity index (χ1n) is 5.74. The fraction of sp³-hybridized carbons (Fsp3) is 0.778. The summed E-state index contributed by atoms with van der Waals surface area (Å²) in [5.41, 5.74) is 0. The van der Waals surface area contributed by atoms with Gasteiger partial charge in [-0.2, -0.15) is 0 Å². The molecule has 0 spiro atoms. The van der Waals surface area contributed by atoms with Gasteiger partial charge in [0.25, 0.3) is 0 Å². The molecule has 0 radical (unpaired) electrons. The summed E-state index contributed by atoms with van der Waals surface area (Å²) in [4.78, 5) is 22.1. The third kappa shape index (κ3) is 3.11. The predicted octanol–water partition coefficient (Wildman–Crippen LogP) is -3.64. The van der Waals surface area contributed by atoms with Crippen molar-refractivity contribution in [3.05, 3.63) is 0 Å². The SMILES string of the molecule is O=C1NC(=O)NC(N[C@H]2CO[C@H](CO)[C@H](O)[C@@H]2O)N1. The summed E-state index contributed by atoms with van der Waals surface area (Å²) in [6, 6.07) is -2.07. The summed E-state index contributed by atoms with van der Waals surface area (Å²) in [7, 11) is 0. The fourth-order valence-corrected chi connectivity index (χ4v) is 1.96. The third-order valence-corrected chi connectivity index (χ3v) is 2.97. The van der Waals surface area contributed by atoms with Crippen molar-refractivity contribution in [3.8, 4) is 0 Å². The van der Waals surface area contributed by atoms with E-state index in [9.17, 15) is 19.8 Å². The number of hydrogen-bond donors (Lipinski definition) is 7. The molecule has 0 aromatic rings. The lowest BCUT2D eigenvalue weighted by molar-refractivity contribution is -0.163. The van der Waals surface area contributed by atoms with Crippen LogP contribution in [0, 0.1) is 0 Å². The summed E-state index contributed by atoms with van der Waals surface area (Å²) in [5, 5.41) is 37.9. The van der Waals surface area contributed by atoms with E-state index < -0.39 is 49.3 Å². The first kappa shape index (κ1) is 14.0. The fourth-order valence-electron chi connectivity index (χ4n) is 1.96. The topological polar surface area (TPSA) is 152 Å². The quantitative estimate of drug-likeness (QED) is 0.281. The molecule has 0 unspecified atom stereocenters. The van der Waals surface area contributed by atoms with Gasteiger partial charge in [-0.3, -0.25) is 10.6 Å². The number of carbonyl (C=O) groups excluding carboxylic acids is 2. The van der Waals surface area contributed by atoms with Crippen molar-refractivity contribution in [3.63, 3.8) is 0 Å². The Morgan fingerprint density at radius 2 is 1.84 bits per heavy atom. The molecule has 2 fully saturated rings. The molecule has 7 N–H and O–H groups in total. The van der Waals surface area contributed by atoms with Crippen molar-refractivity contribution < 1.29 is 29.6 Å². The average molecular weight is 276 g/mol. The number of urea groups is 2. The Labute approximate surface area is 108 Å². The van der Waals surface area contributed by atoms with Crippen molar-refractivity contribution in [1.29, 1.82) is 0 Å². The van der Waals surface area contributed by atoms with Gasteiger partial charge in [0.2, 0.25) is 0 Å². The van der Waals surface area contributed by atoms with E-state index in [4.69, 9.17) is 9.84 Å². The lowest BCUT2D eigenvalue weighted by Crippen LogP contribution is -2.71. The van der Waals surface area contributed by atoms with Gasteiger partial charge in [-0.25, -0.2) is 9.59 Å². The molecule has 0 aromatic heterocycles. The Balaban J connectivity index is 1.92.